The molecule has 0 unspecified atom stereocenters. The number of hydrogen-bond donors (Lipinski definition) is 3. The molecule has 0 aliphatic heterocycles. The Morgan fingerprint density at radius 1 is 1.19 bits per heavy atom. The smallest absolute Gasteiger partial charge is 0.238 e. The van der Waals surface area contributed by atoms with Crippen molar-refractivity contribution in [3.63, 3.8) is 0 Å². The van der Waals surface area contributed by atoms with Gasteiger partial charge in [-0.3, -0.25) is 9.59 Å². The third kappa shape index (κ3) is 4.56. The SMILES string of the molecule is NCC(=O)Nc1cc(NC(=O)Cc2cccs2)ccc1Cl. The van der Waals surface area contributed by atoms with Crippen LogP contribution in [0.2, 0.25) is 5.02 Å². The van der Waals surface area contributed by atoms with Crippen LogP contribution in [0, 0.1) is 0 Å². The molecule has 2 amide bonds. The lowest BCUT2D eigenvalue weighted by Gasteiger charge is -2.10. The fourth-order valence-corrected chi connectivity index (χ4v) is 2.54. The molecule has 0 aliphatic carbocycles. The normalized spacial score (nSPS) is 10.2. The summed E-state index contributed by atoms with van der Waals surface area (Å²) in [6.07, 6.45) is 0.310. The minimum atomic E-state index is -0.348. The van der Waals surface area contributed by atoms with Gasteiger partial charge in [-0.05, 0) is 29.6 Å². The fraction of sp³-hybridized carbons (Fsp3) is 0.143. The molecule has 0 bridgehead atoms. The molecule has 0 atom stereocenters. The number of amides is 2. The summed E-state index contributed by atoms with van der Waals surface area (Å²) >= 11 is 7.51. The number of nitrogens with one attached hydrogen (secondary N) is 2. The molecule has 4 N–H and O–H groups in total. The molecule has 0 fully saturated rings. The molecule has 0 saturated carbocycles. The highest BCUT2D eigenvalue weighted by Crippen LogP contribution is 2.25. The quantitative estimate of drug-likeness (QED) is 0.790. The highest BCUT2D eigenvalue weighted by Gasteiger charge is 2.08. The first-order valence-corrected chi connectivity index (χ1v) is 7.46. The predicted octanol–water partition coefficient (Wildman–Crippen LogP) is 2.48. The lowest BCUT2D eigenvalue weighted by molar-refractivity contribution is -0.116. The van der Waals surface area contributed by atoms with Crippen LogP contribution in [0.1, 0.15) is 4.88 Å². The Kier molecular flexibility index (Phi) is 5.32. The van der Waals surface area contributed by atoms with Gasteiger partial charge in [-0.15, -0.1) is 11.3 Å². The van der Waals surface area contributed by atoms with Crippen molar-refractivity contribution in [2.24, 2.45) is 5.73 Å². The molecule has 0 saturated heterocycles. The molecule has 1 aromatic heterocycles. The van der Waals surface area contributed by atoms with Crippen LogP contribution < -0.4 is 16.4 Å². The van der Waals surface area contributed by atoms with E-state index in [1.54, 1.807) is 18.2 Å². The topological polar surface area (TPSA) is 84.2 Å². The Hall–Kier alpha value is -1.89. The van der Waals surface area contributed by atoms with Crippen LogP contribution in [0.3, 0.4) is 0 Å². The first kappa shape index (κ1) is 15.5. The summed E-state index contributed by atoms with van der Waals surface area (Å²) in [7, 11) is 0. The summed E-state index contributed by atoms with van der Waals surface area (Å²) in [6.45, 7) is -0.134. The van der Waals surface area contributed by atoms with Crippen LogP contribution in [0.5, 0.6) is 0 Å². The summed E-state index contributed by atoms with van der Waals surface area (Å²) in [4.78, 5) is 24.2. The molecule has 7 heteroatoms. The number of hydrogen-bond acceptors (Lipinski definition) is 4. The van der Waals surface area contributed by atoms with Gasteiger partial charge in [0.2, 0.25) is 11.8 Å². The van der Waals surface area contributed by atoms with Crippen molar-refractivity contribution in [3.05, 3.63) is 45.6 Å². The Bertz CT molecular complexity index is 644. The van der Waals surface area contributed by atoms with E-state index in [2.05, 4.69) is 10.6 Å². The number of carbonyl (C=O) groups excluding carboxylic acids is 2. The van der Waals surface area contributed by atoms with Crippen LogP contribution in [-0.2, 0) is 16.0 Å². The Morgan fingerprint density at radius 2 is 2.00 bits per heavy atom. The standard InChI is InChI=1S/C14H14ClN3O2S/c15-11-4-3-9(6-12(11)18-14(20)8-16)17-13(19)7-10-2-1-5-21-10/h1-6H,7-8,16H2,(H,17,19)(H,18,20). The number of nitrogens with two attached hydrogens (primary N) is 1. The number of anilines is 2. The van der Waals surface area contributed by atoms with Gasteiger partial charge in [-0.25, -0.2) is 0 Å². The zero-order valence-electron chi connectivity index (χ0n) is 11.1. The first-order valence-electron chi connectivity index (χ1n) is 6.20. The largest absolute Gasteiger partial charge is 0.326 e. The van der Waals surface area contributed by atoms with E-state index in [9.17, 15) is 9.59 Å². The Balaban J connectivity index is 2.04. The van der Waals surface area contributed by atoms with Gasteiger partial charge >= 0.3 is 0 Å². The first-order chi connectivity index (χ1) is 10.1. The second kappa shape index (κ2) is 7.21. The van der Waals surface area contributed by atoms with Crippen molar-refractivity contribution < 1.29 is 9.59 Å². The highest BCUT2D eigenvalue weighted by atomic mass is 35.5. The van der Waals surface area contributed by atoms with Crippen LogP contribution in [0.25, 0.3) is 0 Å². The van der Waals surface area contributed by atoms with Crippen molar-refractivity contribution in [1.82, 2.24) is 0 Å². The zero-order valence-corrected chi connectivity index (χ0v) is 12.6. The van der Waals surface area contributed by atoms with Gasteiger partial charge in [-0.1, -0.05) is 17.7 Å². The van der Waals surface area contributed by atoms with E-state index in [4.69, 9.17) is 17.3 Å². The Morgan fingerprint density at radius 3 is 2.67 bits per heavy atom. The summed E-state index contributed by atoms with van der Waals surface area (Å²) in [6, 6.07) is 8.68. The minimum absolute atomic E-state index is 0.129. The molecule has 0 radical (unpaired) electrons. The summed E-state index contributed by atoms with van der Waals surface area (Å²) in [5, 5.41) is 7.64. The number of carbonyl (C=O) groups is 2. The molecule has 21 heavy (non-hydrogen) atoms. The number of rotatable bonds is 5. The average Bonchev–Trinajstić information content (AvgIpc) is 2.95. The number of benzene rings is 1. The predicted molar refractivity (Wildman–Crippen MR) is 85.8 cm³/mol. The van der Waals surface area contributed by atoms with Gasteiger partial charge < -0.3 is 16.4 Å². The van der Waals surface area contributed by atoms with E-state index < -0.39 is 0 Å². The average molecular weight is 324 g/mol. The van der Waals surface area contributed by atoms with E-state index in [0.717, 1.165) is 4.88 Å². The van der Waals surface area contributed by atoms with Gasteiger partial charge in [0.15, 0.2) is 0 Å². The molecular formula is C14H14ClN3O2S. The molecule has 0 spiro atoms. The maximum absolute atomic E-state index is 11.9. The molecular weight excluding hydrogens is 310 g/mol. The summed E-state index contributed by atoms with van der Waals surface area (Å²) in [5.41, 5.74) is 6.22. The van der Waals surface area contributed by atoms with Crippen molar-refractivity contribution >= 4 is 46.1 Å². The monoisotopic (exact) mass is 323 g/mol. The molecule has 110 valence electrons. The van der Waals surface area contributed by atoms with Crippen molar-refractivity contribution in [3.8, 4) is 0 Å². The van der Waals surface area contributed by atoms with Crippen LogP contribution in [-0.4, -0.2) is 18.4 Å². The lowest BCUT2D eigenvalue weighted by Crippen LogP contribution is -2.22. The van der Waals surface area contributed by atoms with Crippen molar-refractivity contribution in [2.45, 2.75) is 6.42 Å². The second-order valence-corrected chi connectivity index (χ2v) is 5.69. The maximum atomic E-state index is 11.9. The lowest BCUT2D eigenvalue weighted by atomic mass is 10.2. The molecule has 0 aliphatic rings. The van der Waals surface area contributed by atoms with Gasteiger partial charge in [0.05, 0.1) is 23.7 Å². The molecule has 2 aromatic rings. The van der Waals surface area contributed by atoms with Gasteiger partial charge in [0, 0.05) is 10.6 Å². The fourth-order valence-electron chi connectivity index (χ4n) is 1.68. The van der Waals surface area contributed by atoms with Crippen molar-refractivity contribution in [2.75, 3.05) is 17.2 Å². The van der Waals surface area contributed by atoms with E-state index in [0.29, 0.717) is 22.8 Å². The van der Waals surface area contributed by atoms with E-state index in [-0.39, 0.29) is 18.4 Å². The van der Waals surface area contributed by atoms with Crippen LogP contribution in [0.15, 0.2) is 35.7 Å². The third-order valence-corrected chi connectivity index (χ3v) is 3.83. The van der Waals surface area contributed by atoms with Gasteiger partial charge in [0.1, 0.15) is 0 Å². The summed E-state index contributed by atoms with van der Waals surface area (Å²) in [5.74, 6) is -0.477. The van der Waals surface area contributed by atoms with Gasteiger partial charge in [0.25, 0.3) is 0 Å². The van der Waals surface area contributed by atoms with E-state index >= 15 is 0 Å². The maximum Gasteiger partial charge on any atom is 0.238 e. The second-order valence-electron chi connectivity index (χ2n) is 4.25. The zero-order chi connectivity index (χ0) is 15.2. The van der Waals surface area contributed by atoms with E-state index in [1.165, 1.54) is 11.3 Å². The highest BCUT2D eigenvalue weighted by molar-refractivity contribution is 7.10. The molecule has 1 aromatic carbocycles. The minimum Gasteiger partial charge on any atom is -0.326 e. The van der Waals surface area contributed by atoms with E-state index in [1.807, 2.05) is 17.5 Å². The third-order valence-electron chi connectivity index (χ3n) is 2.62. The number of halogens is 1. The van der Waals surface area contributed by atoms with Crippen LogP contribution >= 0.6 is 22.9 Å². The summed E-state index contributed by atoms with van der Waals surface area (Å²) < 4.78 is 0. The molecule has 2 rings (SSSR count). The van der Waals surface area contributed by atoms with Gasteiger partial charge in [-0.2, -0.15) is 0 Å². The molecule has 5 nitrogen and oxygen atoms in total. The van der Waals surface area contributed by atoms with Crippen LogP contribution in [0.4, 0.5) is 11.4 Å². The number of thiophene rings is 1. The van der Waals surface area contributed by atoms with Crippen molar-refractivity contribution in [1.29, 1.82) is 0 Å². The Labute approximate surface area is 131 Å². The molecule has 1 heterocycles.